The van der Waals surface area contributed by atoms with Crippen LogP contribution in [-0.4, -0.2) is 41.4 Å². The zero-order chi connectivity index (χ0) is 13.4. The van der Waals surface area contributed by atoms with E-state index in [9.17, 15) is 9.59 Å². The van der Waals surface area contributed by atoms with Crippen LogP contribution in [0, 0.1) is 5.41 Å². The van der Waals surface area contributed by atoms with Gasteiger partial charge in [0.15, 0.2) is 0 Å². The Morgan fingerprint density at radius 3 is 2.47 bits per heavy atom. The van der Waals surface area contributed by atoms with Gasteiger partial charge in [-0.1, -0.05) is 20.8 Å². The first-order valence-electron chi connectivity index (χ1n) is 5.94. The average Bonchev–Trinajstić information content (AvgIpc) is 2.18. The largest absolute Gasteiger partial charge is 0.352 e. The van der Waals surface area contributed by atoms with Crippen LogP contribution in [0.4, 0.5) is 0 Å². The van der Waals surface area contributed by atoms with Gasteiger partial charge in [-0.3, -0.25) is 9.59 Å². The van der Waals surface area contributed by atoms with Crippen LogP contribution in [0.5, 0.6) is 0 Å². The highest BCUT2D eigenvalue weighted by atomic mass is 16.2. The van der Waals surface area contributed by atoms with Crippen molar-refractivity contribution in [2.24, 2.45) is 11.1 Å². The maximum atomic E-state index is 12.3. The first-order valence-corrected chi connectivity index (χ1v) is 5.94. The molecule has 0 radical (unpaired) electrons. The molecule has 3 N–H and O–H groups in total. The summed E-state index contributed by atoms with van der Waals surface area (Å²) in [7, 11) is 0. The highest BCUT2D eigenvalue weighted by Gasteiger charge is 2.43. The summed E-state index contributed by atoms with van der Waals surface area (Å²) in [5, 5.41) is 2.76. The van der Waals surface area contributed by atoms with Gasteiger partial charge in [0.1, 0.15) is 5.54 Å². The molecule has 0 saturated carbocycles. The standard InChI is InChI=1S/C12H23N3O2/c1-11(2,3)8(13)9(16)15-7-6-14-10(17)12(15,4)5/h8H,6-7,13H2,1-5H3,(H,14,17). The fourth-order valence-electron chi connectivity index (χ4n) is 1.82. The number of piperazine rings is 1. The van der Waals surface area contributed by atoms with Crippen LogP contribution in [0.1, 0.15) is 34.6 Å². The fourth-order valence-corrected chi connectivity index (χ4v) is 1.82. The minimum absolute atomic E-state index is 0.127. The topological polar surface area (TPSA) is 75.4 Å². The summed E-state index contributed by atoms with van der Waals surface area (Å²) in [6.07, 6.45) is 0. The van der Waals surface area contributed by atoms with E-state index in [1.807, 2.05) is 20.8 Å². The molecular formula is C12H23N3O2. The third-order valence-electron chi connectivity index (χ3n) is 3.32. The van der Waals surface area contributed by atoms with Crippen LogP contribution in [0.2, 0.25) is 0 Å². The Balaban J connectivity index is 2.92. The first-order chi connectivity index (χ1) is 7.58. The molecule has 0 aromatic heterocycles. The molecular weight excluding hydrogens is 218 g/mol. The molecule has 1 aliphatic heterocycles. The van der Waals surface area contributed by atoms with Gasteiger partial charge in [-0.15, -0.1) is 0 Å². The van der Waals surface area contributed by atoms with E-state index < -0.39 is 11.6 Å². The van der Waals surface area contributed by atoms with E-state index in [1.165, 1.54) is 0 Å². The van der Waals surface area contributed by atoms with Crippen molar-refractivity contribution in [1.82, 2.24) is 10.2 Å². The number of nitrogens with one attached hydrogen (secondary N) is 1. The van der Waals surface area contributed by atoms with Gasteiger partial charge < -0.3 is 16.0 Å². The van der Waals surface area contributed by atoms with Gasteiger partial charge in [0, 0.05) is 13.1 Å². The minimum atomic E-state index is -0.821. The van der Waals surface area contributed by atoms with E-state index in [-0.39, 0.29) is 17.2 Å². The van der Waals surface area contributed by atoms with Gasteiger partial charge in [0.2, 0.25) is 11.8 Å². The molecule has 0 aromatic carbocycles. The van der Waals surface area contributed by atoms with Crippen molar-refractivity contribution in [1.29, 1.82) is 0 Å². The molecule has 1 fully saturated rings. The molecule has 0 aliphatic carbocycles. The molecule has 1 unspecified atom stereocenters. The molecule has 0 bridgehead atoms. The van der Waals surface area contributed by atoms with E-state index in [0.29, 0.717) is 13.1 Å². The number of rotatable bonds is 1. The Hall–Kier alpha value is -1.10. The van der Waals surface area contributed by atoms with Crippen molar-refractivity contribution in [2.75, 3.05) is 13.1 Å². The zero-order valence-corrected chi connectivity index (χ0v) is 11.3. The lowest BCUT2D eigenvalue weighted by Crippen LogP contribution is -2.66. The first kappa shape index (κ1) is 14.0. The number of hydrogen-bond acceptors (Lipinski definition) is 3. The third-order valence-corrected chi connectivity index (χ3v) is 3.32. The summed E-state index contributed by atoms with van der Waals surface area (Å²) in [5.41, 5.74) is 4.84. The number of carbonyl (C=O) groups is 2. The quantitative estimate of drug-likeness (QED) is 0.683. The van der Waals surface area contributed by atoms with Crippen molar-refractivity contribution in [3.05, 3.63) is 0 Å². The van der Waals surface area contributed by atoms with E-state index in [4.69, 9.17) is 5.73 Å². The highest BCUT2D eigenvalue weighted by molar-refractivity contribution is 5.93. The molecule has 98 valence electrons. The van der Waals surface area contributed by atoms with Crippen LogP contribution in [0.25, 0.3) is 0 Å². The highest BCUT2D eigenvalue weighted by Crippen LogP contribution is 2.24. The van der Waals surface area contributed by atoms with Crippen LogP contribution in [0.15, 0.2) is 0 Å². The summed E-state index contributed by atoms with van der Waals surface area (Å²) < 4.78 is 0. The van der Waals surface area contributed by atoms with Gasteiger partial charge in [-0.2, -0.15) is 0 Å². The second-order valence-corrected chi connectivity index (χ2v) is 6.15. The molecule has 0 aromatic rings. The van der Waals surface area contributed by atoms with Crippen LogP contribution in [0.3, 0.4) is 0 Å². The maximum Gasteiger partial charge on any atom is 0.245 e. The number of amides is 2. The summed E-state index contributed by atoms with van der Waals surface area (Å²) in [6.45, 7) is 10.3. The SMILES string of the molecule is CC(C)(C)C(N)C(=O)N1CCNC(=O)C1(C)C. The van der Waals surface area contributed by atoms with E-state index in [2.05, 4.69) is 5.32 Å². The van der Waals surface area contributed by atoms with E-state index in [0.717, 1.165) is 0 Å². The van der Waals surface area contributed by atoms with Gasteiger partial charge in [0.25, 0.3) is 0 Å². The second kappa shape index (κ2) is 4.29. The summed E-state index contributed by atoms with van der Waals surface area (Å²) >= 11 is 0. The van der Waals surface area contributed by atoms with Gasteiger partial charge >= 0.3 is 0 Å². The summed E-state index contributed by atoms with van der Waals surface area (Å²) in [5.74, 6) is -0.282. The molecule has 1 heterocycles. The lowest BCUT2D eigenvalue weighted by molar-refractivity contribution is -0.151. The maximum absolute atomic E-state index is 12.3. The molecule has 2 amide bonds. The van der Waals surface area contributed by atoms with Crippen LogP contribution < -0.4 is 11.1 Å². The molecule has 0 spiro atoms. The average molecular weight is 241 g/mol. The number of nitrogens with zero attached hydrogens (tertiary/aromatic N) is 1. The molecule has 1 atom stereocenters. The van der Waals surface area contributed by atoms with Crippen molar-refractivity contribution in [3.63, 3.8) is 0 Å². The lowest BCUT2D eigenvalue weighted by Gasteiger charge is -2.43. The molecule has 5 heteroatoms. The zero-order valence-electron chi connectivity index (χ0n) is 11.3. The van der Waals surface area contributed by atoms with Crippen molar-refractivity contribution in [3.8, 4) is 0 Å². The van der Waals surface area contributed by atoms with Crippen LogP contribution >= 0.6 is 0 Å². The third kappa shape index (κ3) is 2.60. The Labute approximate surface area is 103 Å². The molecule has 1 aliphatic rings. The Kier molecular flexibility index (Phi) is 3.52. The smallest absolute Gasteiger partial charge is 0.245 e. The predicted molar refractivity (Wildman–Crippen MR) is 66.2 cm³/mol. The summed E-state index contributed by atoms with van der Waals surface area (Å²) in [4.78, 5) is 25.7. The normalized spacial score (nSPS) is 22.0. The predicted octanol–water partition coefficient (Wildman–Crippen LogP) is 0.0968. The molecule has 5 nitrogen and oxygen atoms in total. The van der Waals surface area contributed by atoms with E-state index >= 15 is 0 Å². The van der Waals surface area contributed by atoms with Crippen LogP contribution in [-0.2, 0) is 9.59 Å². The van der Waals surface area contributed by atoms with Crippen molar-refractivity contribution in [2.45, 2.75) is 46.2 Å². The molecule has 17 heavy (non-hydrogen) atoms. The number of hydrogen-bond donors (Lipinski definition) is 2. The van der Waals surface area contributed by atoms with Gasteiger partial charge in [-0.05, 0) is 19.3 Å². The number of carbonyl (C=O) groups excluding carboxylic acids is 2. The lowest BCUT2D eigenvalue weighted by atomic mass is 9.85. The van der Waals surface area contributed by atoms with Gasteiger partial charge in [0.05, 0.1) is 6.04 Å². The second-order valence-electron chi connectivity index (χ2n) is 6.15. The van der Waals surface area contributed by atoms with Crippen molar-refractivity contribution < 1.29 is 9.59 Å². The Morgan fingerprint density at radius 1 is 1.47 bits per heavy atom. The number of nitrogens with two attached hydrogens (primary N) is 1. The van der Waals surface area contributed by atoms with Gasteiger partial charge in [-0.25, -0.2) is 0 Å². The fraction of sp³-hybridized carbons (Fsp3) is 0.833. The Morgan fingerprint density at radius 2 is 2.00 bits per heavy atom. The Bertz CT molecular complexity index is 331. The molecule has 1 saturated heterocycles. The molecule has 1 rings (SSSR count). The minimum Gasteiger partial charge on any atom is -0.352 e. The van der Waals surface area contributed by atoms with E-state index in [1.54, 1.807) is 18.7 Å². The summed E-state index contributed by atoms with van der Waals surface area (Å²) in [6, 6.07) is -0.590. The monoisotopic (exact) mass is 241 g/mol. The van der Waals surface area contributed by atoms with Crippen molar-refractivity contribution >= 4 is 11.8 Å².